The Morgan fingerprint density at radius 1 is 0.900 bits per heavy atom. The van der Waals surface area contributed by atoms with Gasteiger partial charge in [0.25, 0.3) is 5.91 Å². The van der Waals surface area contributed by atoms with Crippen LogP contribution < -0.4 is 5.32 Å². The standard InChI is InChI=1S/C26H21ClN2O/c27-19-14-15-23-21(16-19)24(20-12-7-13-22(20)28-23)26(30)29-25(17-8-3-1-4-9-17)18-10-5-2-6-11-18/h1-6,8-11,14-16,25H,7,12-13H2,(H,29,30). The SMILES string of the molecule is O=C(NC(c1ccccc1)c1ccccc1)c1c2c(nc3ccc(Cl)cc13)CCC2. The number of carbonyl (C=O) groups is 1. The number of aryl methyl sites for hydroxylation is 1. The highest BCUT2D eigenvalue weighted by Crippen LogP contribution is 2.32. The topological polar surface area (TPSA) is 42.0 Å². The van der Waals surface area contributed by atoms with E-state index in [1.807, 2.05) is 78.9 Å². The molecule has 0 fully saturated rings. The Labute approximate surface area is 180 Å². The number of halogens is 1. The third-order valence-corrected chi connectivity index (χ3v) is 5.98. The molecule has 0 spiro atoms. The Morgan fingerprint density at radius 3 is 2.23 bits per heavy atom. The largest absolute Gasteiger partial charge is 0.341 e. The number of hydrogen-bond donors (Lipinski definition) is 1. The van der Waals surface area contributed by atoms with Crippen molar-refractivity contribution < 1.29 is 4.79 Å². The van der Waals surface area contributed by atoms with Gasteiger partial charge in [0.05, 0.1) is 17.1 Å². The lowest BCUT2D eigenvalue weighted by Crippen LogP contribution is -2.30. The van der Waals surface area contributed by atoms with Crippen molar-refractivity contribution in [3.8, 4) is 0 Å². The summed E-state index contributed by atoms with van der Waals surface area (Å²) >= 11 is 6.28. The van der Waals surface area contributed by atoms with E-state index < -0.39 is 0 Å². The lowest BCUT2D eigenvalue weighted by molar-refractivity contribution is 0.0943. The number of rotatable bonds is 4. The summed E-state index contributed by atoms with van der Waals surface area (Å²) in [5.74, 6) is -0.0828. The Balaban J connectivity index is 1.62. The molecule has 3 nitrogen and oxygen atoms in total. The Kier molecular flexibility index (Phi) is 4.97. The van der Waals surface area contributed by atoms with Crippen molar-refractivity contribution in [2.75, 3.05) is 0 Å². The van der Waals surface area contributed by atoms with Gasteiger partial charge in [-0.05, 0) is 54.2 Å². The lowest BCUT2D eigenvalue weighted by Gasteiger charge is -2.21. The van der Waals surface area contributed by atoms with Gasteiger partial charge in [-0.2, -0.15) is 0 Å². The quantitative estimate of drug-likeness (QED) is 0.453. The molecule has 1 amide bonds. The maximum Gasteiger partial charge on any atom is 0.253 e. The molecule has 0 saturated carbocycles. The first-order chi connectivity index (χ1) is 14.7. The van der Waals surface area contributed by atoms with Gasteiger partial charge in [0, 0.05) is 16.1 Å². The normalized spacial score (nSPS) is 12.9. The van der Waals surface area contributed by atoms with Crippen LogP contribution in [0.25, 0.3) is 10.9 Å². The van der Waals surface area contributed by atoms with Crippen molar-refractivity contribution in [3.63, 3.8) is 0 Å². The molecular formula is C26H21ClN2O. The number of hydrogen-bond acceptors (Lipinski definition) is 2. The van der Waals surface area contributed by atoms with Crippen molar-refractivity contribution in [3.05, 3.63) is 112 Å². The summed E-state index contributed by atoms with van der Waals surface area (Å²) in [5.41, 5.74) is 5.72. The molecule has 0 radical (unpaired) electrons. The maximum atomic E-state index is 13.7. The molecule has 1 aliphatic rings. The van der Waals surface area contributed by atoms with Crippen LogP contribution in [0.1, 0.15) is 45.2 Å². The predicted molar refractivity (Wildman–Crippen MR) is 121 cm³/mol. The van der Waals surface area contributed by atoms with Gasteiger partial charge in [-0.25, -0.2) is 0 Å². The van der Waals surface area contributed by atoms with E-state index in [1.54, 1.807) is 0 Å². The van der Waals surface area contributed by atoms with Gasteiger partial charge < -0.3 is 5.32 Å². The minimum atomic E-state index is -0.237. The average molecular weight is 413 g/mol. The summed E-state index contributed by atoms with van der Waals surface area (Å²) in [6.45, 7) is 0. The summed E-state index contributed by atoms with van der Waals surface area (Å²) < 4.78 is 0. The van der Waals surface area contributed by atoms with Crippen LogP contribution in [0.5, 0.6) is 0 Å². The van der Waals surface area contributed by atoms with Crippen molar-refractivity contribution in [2.45, 2.75) is 25.3 Å². The molecule has 4 heteroatoms. The van der Waals surface area contributed by atoms with E-state index in [1.165, 1.54) is 0 Å². The van der Waals surface area contributed by atoms with Crippen molar-refractivity contribution in [1.29, 1.82) is 0 Å². The van der Waals surface area contributed by atoms with Crippen LogP contribution in [-0.4, -0.2) is 10.9 Å². The van der Waals surface area contributed by atoms with Gasteiger partial charge >= 0.3 is 0 Å². The highest BCUT2D eigenvalue weighted by molar-refractivity contribution is 6.31. The number of nitrogens with one attached hydrogen (secondary N) is 1. The van der Waals surface area contributed by atoms with Crippen LogP contribution in [0, 0.1) is 0 Å². The van der Waals surface area contributed by atoms with Gasteiger partial charge in [0.1, 0.15) is 0 Å². The summed E-state index contributed by atoms with van der Waals surface area (Å²) in [7, 11) is 0. The van der Waals surface area contributed by atoms with Crippen LogP contribution in [-0.2, 0) is 12.8 Å². The molecule has 5 rings (SSSR count). The number of fused-ring (bicyclic) bond motifs is 2. The maximum absolute atomic E-state index is 13.7. The summed E-state index contributed by atoms with van der Waals surface area (Å²) in [6, 6.07) is 25.5. The number of aromatic nitrogens is 1. The zero-order chi connectivity index (χ0) is 20.5. The monoisotopic (exact) mass is 412 g/mol. The van der Waals surface area contributed by atoms with Gasteiger partial charge in [-0.15, -0.1) is 0 Å². The van der Waals surface area contributed by atoms with E-state index in [-0.39, 0.29) is 11.9 Å². The molecule has 0 bridgehead atoms. The number of nitrogens with zero attached hydrogens (tertiary/aromatic N) is 1. The Bertz CT molecular complexity index is 1180. The Hall–Kier alpha value is -3.17. The fraction of sp³-hybridized carbons (Fsp3) is 0.154. The molecule has 1 N–H and O–H groups in total. The van der Waals surface area contributed by atoms with E-state index in [0.717, 1.165) is 52.5 Å². The Morgan fingerprint density at radius 2 is 1.57 bits per heavy atom. The second-order valence-corrected chi connectivity index (χ2v) is 8.09. The smallest absolute Gasteiger partial charge is 0.253 e. The molecule has 1 aromatic heterocycles. The second kappa shape index (κ2) is 7.92. The second-order valence-electron chi connectivity index (χ2n) is 7.65. The minimum absolute atomic E-state index is 0.0828. The van der Waals surface area contributed by atoms with Crippen molar-refractivity contribution in [1.82, 2.24) is 10.3 Å². The molecule has 0 aliphatic heterocycles. The molecule has 0 atom stereocenters. The minimum Gasteiger partial charge on any atom is -0.341 e. The van der Waals surface area contributed by atoms with Gasteiger partial charge in [0.2, 0.25) is 0 Å². The molecule has 0 unspecified atom stereocenters. The average Bonchev–Trinajstić information content (AvgIpc) is 3.25. The predicted octanol–water partition coefficient (Wildman–Crippen LogP) is 5.90. The zero-order valence-corrected chi connectivity index (χ0v) is 17.2. The molecule has 148 valence electrons. The third kappa shape index (κ3) is 3.46. The lowest BCUT2D eigenvalue weighted by atomic mass is 9.96. The van der Waals surface area contributed by atoms with E-state index in [4.69, 9.17) is 16.6 Å². The zero-order valence-electron chi connectivity index (χ0n) is 16.4. The summed E-state index contributed by atoms with van der Waals surface area (Å²) in [5, 5.41) is 4.73. The van der Waals surface area contributed by atoms with Gasteiger partial charge in [0.15, 0.2) is 0 Å². The summed E-state index contributed by atoms with van der Waals surface area (Å²) in [4.78, 5) is 18.5. The van der Waals surface area contributed by atoms with E-state index in [2.05, 4.69) is 5.32 Å². The third-order valence-electron chi connectivity index (χ3n) is 5.74. The number of amides is 1. The highest BCUT2D eigenvalue weighted by Gasteiger charge is 2.26. The summed E-state index contributed by atoms with van der Waals surface area (Å²) in [6.07, 6.45) is 2.80. The number of benzene rings is 3. The van der Waals surface area contributed by atoms with Crippen LogP contribution in [0.4, 0.5) is 0 Å². The number of carbonyl (C=O) groups excluding carboxylic acids is 1. The first-order valence-electron chi connectivity index (χ1n) is 10.2. The van der Waals surface area contributed by atoms with Crippen molar-refractivity contribution in [2.24, 2.45) is 0 Å². The van der Waals surface area contributed by atoms with E-state index in [9.17, 15) is 4.79 Å². The first-order valence-corrected chi connectivity index (χ1v) is 10.6. The van der Waals surface area contributed by atoms with Crippen LogP contribution >= 0.6 is 11.6 Å². The molecule has 1 aliphatic carbocycles. The van der Waals surface area contributed by atoms with E-state index >= 15 is 0 Å². The molecule has 1 heterocycles. The van der Waals surface area contributed by atoms with Crippen LogP contribution in [0.2, 0.25) is 5.02 Å². The fourth-order valence-electron chi connectivity index (χ4n) is 4.35. The molecule has 3 aromatic carbocycles. The van der Waals surface area contributed by atoms with Crippen LogP contribution in [0.15, 0.2) is 78.9 Å². The molecule has 4 aromatic rings. The van der Waals surface area contributed by atoms with Crippen LogP contribution in [0.3, 0.4) is 0 Å². The first kappa shape index (κ1) is 18.8. The molecule has 30 heavy (non-hydrogen) atoms. The van der Waals surface area contributed by atoms with Crippen molar-refractivity contribution >= 4 is 28.4 Å². The molecular weight excluding hydrogens is 392 g/mol. The fourth-order valence-corrected chi connectivity index (χ4v) is 4.52. The van der Waals surface area contributed by atoms with Gasteiger partial charge in [-0.3, -0.25) is 9.78 Å². The van der Waals surface area contributed by atoms with Gasteiger partial charge in [-0.1, -0.05) is 72.3 Å². The number of pyridine rings is 1. The molecule has 0 saturated heterocycles. The van der Waals surface area contributed by atoms with E-state index in [0.29, 0.717) is 10.6 Å². The highest BCUT2D eigenvalue weighted by atomic mass is 35.5.